The fourth-order valence-corrected chi connectivity index (χ4v) is 3.13. The van der Waals surface area contributed by atoms with Crippen LogP contribution in [0.1, 0.15) is 24.9 Å². The van der Waals surface area contributed by atoms with Gasteiger partial charge in [-0.15, -0.1) is 0 Å². The second-order valence-electron chi connectivity index (χ2n) is 6.27. The van der Waals surface area contributed by atoms with Crippen molar-refractivity contribution in [2.24, 2.45) is 5.73 Å². The molecule has 0 radical (unpaired) electrons. The minimum atomic E-state index is -0.265. The van der Waals surface area contributed by atoms with Crippen LogP contribution in [-0.2, 0) is 0 Å². The molecule has 2 N–H and O–H groups in total. The lowest BCUT2D eigenvalue weighted by Crippen LogP contribution is -2.09. The summed E-state index contributed by atoms with van der Waals surface area (Å²) in [6, 6.07) is 14.4. The lowest BCUT2D eigenvalue weighted by atomic mass is 10.00. The molecule has 5 heteroatoms. The van der Waals surface area contributed by atoms with Gasteiger partial charge in [-0.3, -0.25) is 4.98 Å². The van der Waals surface area contributed by atoms with Gasteiger partial charge >= 0.3 is 0 Å². The van der Waals surface area contributed by atoms with Gasteiger partial charge in [0.05, 0.1) is 5.52 Å². The zero-order valence-electron chi connectivity index (χ0n) is 14.4. The van der Waals surface area contributed by atoms with Gasteiger partial charge in [-0.1, -0.05) is 13.0 Å². The monoisotopic (exact) mass is 346 g/mol. The highest BCUT2D eigenvalue weighted by molar-refractivity contribution is 5.92. The first-order valence-corrected chi connectivity index (χ1v) is 8.61. The van der Waals surface area contributed by atoms with E-state index >= 15 is 0 Å². The van der Waals surface area contributed by atoms with Gasteiger partial charge in [0.15, 0.2) is 0 Å². The Morgan fingerprint density at radius 3 is 2.42 bits per heavy atom. The Balaban J connectivity index is 1.98. The Hall–Kier alpha value is -3.05. The lowest BCUT2D eigenvalue weighted by molar-refractivity contribution is 0.628. The molecule has 3 heterocycles. The van der Waals surface area contributed by atoms with Crippen LogP contribution in [0.5, 0.6) is 0 Å². The Bertz CT molecular complexity index is 1040. The molecule has 1 aromatic carbocycles. The Kier molecular flexibility index (Phi) is 4.22. The number of rotatable bonds is 4. The summed E-state index contributed by atoms with van der Waals surface area (Å²) in [6.07, 6.45) is 6.35. The zero-order valence-corrected chi connectivity index (χ0v) is 14.4. The van der Waals surface area contributed by atoms with E-state index < -0.39 is 0 Å². The van der Waals surface area contributed by atoms with E-state index in [2.05, 4.69) is 11.9 Å². The summed E-state index contributed by atoms with van der Waals surface area (Å²) in [5.41, 5.74) is 11.9. The van der Waals surface area contributed by atoms with Crippen molar-refractivity contribution in [2.45, 2.75) is 19.4 Å². The first kappa shape index (κ1) is 16.4. The van der Waals surface area contributed by atoms with Gasteiger partial charge in [0.2, 0.25) is 0 Å². The third-order valence-corrected chi connectivity index (χ3v) is 4.61. The van der Waals surface area contributed by atoms with E-state index in [1.54, 1.807) is 24.5 Å². The molecule has 130 valence electrons. The van der Waals surface area contributed by atoms with Gasteiger partial charge < -0.3 is 5.73 Å². The standard InChI is InChI=1S/C21H19FN4/c1-2-18(23)16-5-8-19-20(14-9-11-24-12-10-14)21(25-26(19)13-16)15-3-6-17(22)7-4-15/h3-13,18H,2,23H2,1H3/t18-/m0/s1. The van der Waals surface area contributed by atoms with Crippen LogP contribution in [-0.4, -0.2) is 14.6 Å². The topological polar surface area (TPSA) is 56.2 Å². The predicted molar refractivity (Wildman–Crippen MR) is 101 cm³/mol. The smallest absolute Gasteiger partial charge is 0.123 e. The van der Waals surface area contributed by atoms with Crippen molar-refractivity contribution in [2.75, 3.05) is 0 Å². The predicted octanol–water partition coefficient (Wildman–Crippen LogP) is 4.61. The van der Waals surface area contributed by atoms with E-state index in [0.717, 1.165) is 39.9 Å². The molecule has 0 saturated heterocycles. The molecule has 0 bridgehead atoms. The molecule has 0 amide bonds. The van der Waals surface area contributed by atoms with Crippen molar-refractivity contribution < 1.29 is 4.39 Å². The van der Waals surface area contributed by atoms with Crippen molar-refractivity contribution in [3.63, 3.8) is 0 Å². The molecule has 4 aromatic rings. The van der Waals surface area contributed by atoms with E-state index in [9.17, 15) is 4.39 Å². The largest absolute Gasteiger partial charge is 0.324 e. The zero-order chi connectivity index (χ0) is 18.1. The minimum absolute atomic E-state index is 0.0257. The molecule has 0 aliphatic rings. The van der Waals surface area contributed by atoms with Crippen molar-refractivity contribution >= 4 is 5.52 Å². The average molecular weight is 346 g/mol. The number of nitrogens with two attached hydrogens (primary N) is 1. The number of aromatic nitrogens is 3. The molecule has 3 aromatic heterocycles. The van der Waals surface area contributed by atoms with Crippen LogP contribution in [0.25, 0.3) is 27.9 Å². The number of halogens is 1. The summed E-state index contributed by atoms with van der Waals surface area (Å²) in [5.74, 6) is -0.265. The molecular formula is C21H19FN4. The fraction of sp³-hybridized carbons (Fsp3) is 0.143. The number of benzene rings is 1. The molecular weight excluding hydrogens is 327 g/mol. The molecule has 0 spiro atoms. The van der Waals surface area contributed by atoms with Crippen LogP contribution >= 0.6 is 0 Å². The SMILES string of the molecule is CC[C@H](N)c1ccc2c(-c3ccncc3)c(-c3ccc(F)cc3)nn2c1. The van der Waals surface area contributed by atoms with Crippen molar-refractivity contribution in [1.29, 1.82) is 0 Å². The van der Waals surface area contributed by atoms with Gasteiger partial charge in [-0.05, 0) is 60.0 Å². The first-order chi connectivity index (χ1) is 12.7. The number of nitrogens with zero attached hydrogens (tertiary/aromatic N) is 3. The van der Waals surface area contributed by atoms with Crippen LogP contribution in [0.3, 0.4) is 0 Å². The molecule has 4 nitrogen and oxygen atoms in total. The highest BCUT2D eigenvalue weighted by atomic mass is 19.1. The van der Waals surface area contributed by atoms with Crippen molar-refractivity contribution in [1.82, 2.24) is 14.6 Å². The first-order valence-electron chi connectivity index (χ1n) is 8.61. The Morgan fingerprint density at radius 1 is 1.00 bits per heavy atom. The maximum Gasteiger partial charge on any atom is 0.123 e. The van der Waals surface area contributed by atoms with Crippen LogP contribution < -0.4 is 5.73 Å². The molecule has 0 aliphatic heterocycles. The number of hydrogen-bond acceptors (Lipinski definition) is 3. The summed E-state index contributed by atoms with van der Waals surface area (Å²) in [5, 5.41) is 4.78. The van der Waals surface area contributed by atoms with Gasteiger partial charge in [-0.2, -0.15) is 5.10 Å². The minimum Gasteiger partial charge on any atom is -0.324 e. The highest BCUT2D eigenvalue weighted by Gasteiger charge is 2.17. The Labute approximate surface area is 151 Å². The third-order valence-electron chi connectivity index (χ3n) is 4.61. The van der Waals surface area contributed by atoms with E-state index in [0.29, 0.717) is 0 Å². The average Bonchev–Trinajstić information content (AvgIpc) is 3.07. The molecule has 0 unspecified atom stereocenters. The van der Waals surface area contributed by atoms with Crippen molar-refractivity contribution in [3.05, 3.63) is 78.5 Å². The van der Waals surface area contributed by atoms with Gasteiger partial charge in [-0.25, -0.2) is 8.91 Å². The van der Waals surface area contributed by atoms with Gasteiger partial charge in [0.1, 0.15) is 11.5 Å². The maximum absolute atomic E-state index is 13.4. The van der Waals surface area contributed by atoms with E-state index in [1.165, 1.54) is 12.1 Å². The van der Waals surface area contributed by atoms with E-state index in [1.807, 2.05) is 35.0 Å². The van der Waals surface area contributed by atoms with Gasteiger partial charge in [0.25, 0.3) is 0 Å². The second-order valence-corrected chi connectivity index (χ2v) is 6.27. The summed E-state index contributed by atoms with van der Waals surface area (Å²) in [6.45, 7) is 2.06. The summed E-state index contributed by atoms with van der Waals surface area (Å²) in [4.78, 5) is 4.10. The Morgan fingerprint density at radius 2 is 1.73 bits per heavy atom. The molecule has 4 rings (SSSR count). The molecule has 0 saturated carbocycles. The lowest BCUT2D eigenvalue weighted by Gasteiger charge is -2.09. The normalized spacial score (nSPS) is 12.4. The molecule has 0 aliphatic carbocycles. The van der Waals surface area contributed by atoms with E-state index in [-0.39, 0.29) is 11.9 Å². The van der Waals surface area contributed by atoms with E-state index in [4.69, 9.17) is 10.8 Å². The van der Waals surface area contributed by atoms with Crippen molar-refractivity contribution in [3.8, 4) is 22.4 Å². The molecule has 0 fully saturated rings. The number of hydrogen-bond donors (Lipinski definition) is 1. The van der Waals surface area contributed by atoms with Crippen LogP contribution in [0.2, 0.25) is 0 Å². The van der Waals surface area contributed by atoms with Crippen LogP contribution in [0, 0.1) is 5.82 Å². The molecule has 1 atom stereocenters. The van der Waals surface area contributed by atoms with Gasteiger partial charge in [0, 0.05) is 35.8 Å². The summed E-state index contributed by atoms with van der Waals surface area (Å²) < 4.78 is 15.2. The fourth-order valence-electron chi connectivity index (χ4n) is 3.13. The van der Waals surface area contributed by atoms with Crippen LogP contribution in [0.15, 0.2) is 67.1 Å². The number of fused-ring (bicyclic) bond motifs is 1. The maximum atomic E-state index is 13.4. The quantitative estimate of drug-likeness (QED) is 0.587. The summed E-state index contributed by atoms with van der Waals surface area (Å²) >= 11 is 0. The highest BCUT2D eigenvalue weighted by Crippen LogP contribution is 2.35. The second kappa shape index (κ2) is 6.69. The molecule has 26 heavy (non-hydrogen) atoms. The van der Waals surface area contributed by atoms with Crippen LogP contribution in [0.4, 0.5) is 4.39 Å². The third kappa shape index (κ3) is 2.86. The summed E-state index contributed by atoms with van der Waals surface area (Å²) in [7, 11) is 0. The number of pyridine rings is 2.